The predicted molar refractivity (Wildman–Crippen MR) is 150 cm³/mol. The predicted octanol–water partition coefficient (Wildman–Crippen LogP) is 4.43. The van der Waals surface area contributed by atoms with Crippen molar-refractivity contribution in [2.45, 2.75) is 50.5 Å². The van der Waals surface area contributed by atoms with Gasteiger partial charge >= 0.3 is 0 Å². The summed E-state index contributed by atoms with van der Waals surface area (Å²) in [5.74, 6) is -0.766. The summed E-state index contributed by atoms with van der Waals surface area (Å²) in [7, 11) is 1.74. The lowest BCUT2D eigenvalue weighted by atomic mass is 9.94. The fraction of sp³-hybridized carbons (Fsp3) is 0.344. The first-order valence-corrected chi connectivity index (χ1v) is 14.0. The Labute approximate surface area is 238 Å². The van der Waals surface area contributed by atoms with Crippen molar-refractivity contribution in [3.05, 3.63) is 94.8 Å². The van der Waals surface area contributed by atoms with E-state index in [1.54, 1.807) is 30.1 Å². The molecule has 3 amide bonds. The SMILES string of the molecule is CN1C(=O)c2cc(NC(=O)c3cccc(F)c3)ccc2OC[C@H]2O[C@@H](CC(=O)N3CCc4ccccc4C3)CC[C@@H]21. The highest BCUT2D eigenvalue weighted by Gasteiger charge is 2.39. The van der Waals surface area contributed by atoms with E-state index in [9.17, 15) is 18.8 Å². The number of carbonyl (C=O) groups is 3. The summed E-state index contributed by atoms with van der Waals surface area (Å²) < 4.78 is 26.0. The number of hydrogen-bond donors (Lipinski definition) is 1. The Bertz CT molecular complexity index is 1490. The Kier molecular flexibility index (Phi) is 7.45. The van der Waals surface area contributed by atoms with E-state index in [4.69, 9.17) is 9.47 Å². The summed E-state index contributed by atoms with van der Waals surface area (Å²) in [5, 5.41) is 2.73. The molecule has 8 nitrogen and oxygen atoms in total. The Balaban J connectivity index is 1.11. The van der Waals surface area contributed by atoms with Gasteiger partial charge in [-0.1, -0.05) is 30.3 Å². The molecular formula is C32H32FN3O5. The van der Waals surface area contributed by atoms with E-state index < -0.39 is 11.7 Å². The third-order valence-electron chi connectivity index (χ3n) is 8.24. The normalized spacial score (nSPS) is 21.9. The molecule has 0 aliphatic carbocycles. The number of carbonyl (C=O) groups excluding carboxylic acids is 3. The van der Waals surface area contributed by atoms with Crippen molar-refractivity contribution in [3.8, 4) is 5.75 Å². The van der Waals surface area contributed by atoms with E-state index in [2.05, 4.69) is 17.4 Å². The molecule has 0 radical (unpaired) electrons. The van der Waals surface area contributed by atoms with Crippen LogP contribution in [0.15, 0.2) is 66.7 Å². The summed E-state index contributed by atoms with van der Waals surface area (Å²) in [6, 6.07) is 18.3. The van der Waals surface area contributed by atoms with Crippen molar-refractivity contribution in [2.75, 3.05) is 25.5 Å². The Morgan fingerprint density at radius 3 is 2.68 bits per heavy atom. The zero-order valence-corrected chi connectivity index (χ0v) is 22.8. The summed E-state index contributed by atoms with van der Waals surface area (Å²) in [4.78, 5) is 42.9. The molecule has 3 atom stereocenters. The van der Waals surface area contributed by atoms with Gasteiger partial charge in [-0.05, 0) is 66.8 Å². The molecule has 0 saturated carbocycles. The number of nitrogens with zero attached hydrogens (tertiary/aromatic N) is 2. The van der Waals surface area contributed by atoms with Crippen LogP contribution in [0.3, 0.4) is 0 Å². The molecule has 3 aliphatic rings. The van der Waals surface area contributed by atoms with Gasteiger partial charge in [0.25, 0.3) is 11.8 Å². The number of fused-ring (bicyclic) bond motifs is 3. The molecular weight excluding hydrogens is 525 g/mol. The molecule has 3 aromatic carbocycles. The van der Waals surface area contributed by atoms with Gasteiger partial charge in [0, 0.05) is 31.4 Å². The maximum atomic E-state index is 13.5. The monoisotopic (exact) mass is 557 g/mol. The minimum Gasteiger partial charge on any atom is -0.490 e. The van der Waals surface area contributed by atoms with Crippen LogP contribution in [0.5, 0.6) is 5.75 Å². The molecule has 3 aromatic rings. The third-order valence-corrected chi connectivity index (χ3v) is 8.24. The minimum absolute atomic E-state index is 0.0808. The van der Waals surface area contributed by atoms with E-state index in [-0.39, 0.29) is 42.2 Å². The van der Waals surface area contributed by atoms with Crippen molar-refractivity contribution in [1.82, 2.24) is 9.80 Å². The smallest absolute Gasteiger partial charge is 0.257 e. The zero-order valence-electron chi connectivity index (χ0n) is 22.8. The third kappa shape index (κ3) is 5.67. The molecule has 9 heteroatoms. The zero-order chi connectivity index (χ0) is 28.5. The number of benzene rings is 3. The molecule has 6 rings (SSSR count). The lowest BCUT2D eigenvalue weighted by Gasteiger charge is -2.42. The summed E-state index contributed by atoms with van der Waals surface area (Å²) in [5.41, 5.74) is 3.40. The van der Waals surface area contributed by atoms with Gasteiger partial charge in [0.15, 0.2) is 0 Å². The second-order valence-corrected chi connectivity index (χ2v) is 10.9. The molecule has 1 fully saturated rings. The average Bonchev–Trinajstić information content (AvgIpc) is 2.99. The minimum atomic E-state index is -0.505. The van der Waals surface area contributed by atoms with E-state index in [0.29, 0.717) is 49.4 Å². The number of amides is 3. The number of hydrogen-bond acceptors (Lipinski definition) is 5. The van der Waals surface area contributed by atoms with Crippen LogP contribution in [0.4, 0.5) is 10.1 Å². The second-order valence-electron chi connectivity index (χ2n) is 10.9. The van der Waals surface area contributed by atoms with E-state index in [1.165, 1.54) is 29.3 Å². The lowest BCUT2D eigenvalue weighted by molar-refractivity contribution is -0.143. The van der Waals surface area contributed by atoms with Crippen LogP contribution in [0.1, 0.15) is 51.1 Å². The van der Waals surface area contributed by atoms with Crippen LogP contribution in [-0.2, 0) is 22.5 Å². The molecule has 0 aromatic heterocycles. The fourth-order valence-corrected chi connectivity index (χ4v) is 5.97. The van der Waals surface area contributed by atoms with Crippen molar-refractivity contribution in [2.24, 2.45) is 0 Å². The standard InChI is InChI=1S/C32H32FN3O5/c1-35-27-11-10-25(17-30(37)36-14-13-20-5-2-3-6-22(20)18-36)41-29(27)19-40-28-12-9-24(16-26(28)32(35)39)34-31(38)21-7-4-8-23(33)15-21/h2-9,12,15-16,25,27,29H,10-11,13-14,17-19H2,1H3,(H,34,38)/t25-,27+,29-/m1/s1. The highest BCUT2D eigenvalue weighted by atomic mass is 19.1. The van der Waals surface area contributed by atoms with Crippen molar-refractivity contribution < 1.29 is 28.2 Å². The number of likely N-dealkylation sites (N-methyl/N-ethyl adjacent to an activating group) is 1. The first-order valence-electron chi connectivity index (χ1n) is 14.0. The number of ether oxygens (including phenoxy) is 2. The largest absolute Gasteiger partial charge is 0.490 e. The topological polar surface area (TPSA) is 88.2 Å². The van der Waals surface area contributed by atoms with Gasteiger partial charge in [-0.3, -0.25) is 14.4 Å². The molecule has 3 aliphatic heterocycles. The van der Waals surface area contributed by atoms with Gasteiger partial charge in [0.1, 0.15) is 24.3 Å². The molecule has 0 unspecified atom stereocenters. The molecule has 1 N–H and O–H groups in total. The molecule has 0 spiro atoms. The number of anilines is 1. The van der Waals surface area contributed by atoms with Gasteiger partial charge in [0.2, 0.25) is 5.91 Å². The quantitative estimate of drug-likeness (QED) is 0.513. The van der Waals surface area contributed by atoms with Gasteiger partial charge < -0.3 is 24.6 Å². The highest BCUT2D eigenvalue weighted by Crippen LogP contribution is 2.33. The van der Waals surface area contributed by atoms with Crippen LogP contribution in [0.25, 0.3) is 0 Å². The van der Waals surface area contributed by atoms with Crippen LogP contribution in [0, 0.1) is 5.82 Å². The Hall–Kier alpha value is -4.24. The summed E-state index contributed by atoms with van der Waals surface area (Å²) in [6.45, 7) is 1.55. The highest BCUT2D eigenvalue weighted by molar-refractivity contribution is 6.05. The molecule has 41 heavy (non-hydrogen) atoms. The van der Waals surface area contributed by atoms with Crippen molar-refractivity contribution >= 4 is 23.4 Å². The Morgan fingerprint density at radius 2 is 1.85 bits per heavy atom. The maximum absolute atomic E-state index is 13.5. The van der Waals surface area contributed by atoms with Gasteiger partial charge in [-0.2, -0.15) is 0 Å². The van der Waals surface area contributed by atoms with Gasteiger partial charge in [0.05, 0.1) is 24.1 Å². The van der Waals surface area contributed by atoms with E-state index in [0.717, 1.165) is 12.5 Å². The Morgan fingerprint density at radius 1 is 1.02 bits per heavy atom. The van der Waals surface area contributed by atoms with Gasteiger partial charge in [-0.25, -0.2) is 4.39 Å². The molecule has 0 bridgehead atoms. The number of nitrogens with one attached hydrogen (secondary N) is 1. The average molecular weight is 558 g/mol. The van der Waals surface area contributed by atoms with Crippen LogP contribution >= 0.6 is 0 Å². The molecule has 1 saturated heterocycles. The molecule has 3 heterocycles. The summed E-state index contributed by atoms with van der Waals surface area (Å²) >= 11 is 0. The number of halogens is 1. The fourth-order valence-electron chi connectivity index (χ4n) is 5.97. The molecule has 212 valence electrons. The first-order chi connectivity index (χ1) is 19.9. The van der Waals surface area contributed by atoms with Crippen molar-refractivity contribution in [1.29, 1.82) is 0 Å². The first kappa shape index (κ1) is 27.0. The lowest BCUT2D eigenvalue weighted by Crippen LogP contribution is -2.54. The van der Waals surface area contributed by atoms with E-state index in [1.807, 2.05) is 17.0 Å². The summed E-state index contributed by atoms with van der Waals surface area (Å²) in [6.07, 6.45) is 1.88. The van der Waals surface area contributed by atoms with Crippen LogP contribution in [0.2, 0.25) is 0 Å². The van der Waals surface area contributed by atoms with Gasteiger partial charge in [-0.15, -0.1) is 0 Å². The van der Waals surface area contributed by atoms with Crippen molar-refractivity contribution in [3.63, 3.8) is 0 Å². The number of rotatable bonds is 4. The van der Waals surface area contributed by atoms with E-state index >= 15 is 0 Å². The van der Waals surface area contributed by atoms with Crippen LogP contribution < -0.4 is 10.1 Å². The second kappa shape index (κ2) is 11.3. The van der Waals surface area contributed by atoms with Crippen LogP contribution in [-0.4, -0.2) is 66.0 Å². The maximum Gasteiger partial charge on any atom is 0.257 e.